The third kappa shape index (κ3) is 8.05. The molecule has 0 rings (SSSR count). The average Bonchev–Trinajstić information content (AvgIpc) is 2.02. The van der Waals surface area contributed by atoms with Crippen LogP contribution in [0.3, 0.4) is 0 Å². The van der Waals surface area contributed by atoms with Crippen molar-refractivity contribution in [1.82, 2.24) is 4.90 Å². The van der Waals surface area contributed by atoms with Crippen molar-refractivity contribution in [3.8, 4) is 0 Å². The molecule has 13 heavy (non-hydrogen) atoms. The predicted molar refractivity (Wildman–Crippen MR) is 55.9 cm³/mol. The van der Waals surface area contributed by atoms with E-state index in [4.69, 9.17) is 11.6 Å². The summed E-state index contributed by atoms with van der Waals surface area (Å²) in [5, 5.41) is 0. The number of sulfonamides is 1. The van der Waals surface area contributed by atoms with Gasteiger partial charge in [0.1, 0.15) is 6.34 Å². The molecule has 78 valence electrons. The summed E-state index contributed by atoms with van der Waals surface area (Å²) in [5.41, 5.74) is 0. The molecule has 0 radical (unpaired) electrons. The van der Waals surface area contributed by atoms with Crippen LogP contribution < -0.4 is 0 Å². The molecule has 0 aromatic rings. The summed E-state index contributed by atoms with van der Waals surface area (Å²) in [6.45, 7) is 0. The number of rotatable bonds is 6. The van der Waals surface area contributed by atoms with Crippen molar-refractivity contribution in [2.75, 3.05) is 25.7 Å². The van der Waals surface area contributed by atoms with E-state index in [2.05, 4.69) is 4.40 Å². The molecule has 0 aromatic heterocycles. The molecule has 0 bridgehead atoms. The van der Waals surface area contributed by atoms with Crippen LogP contribution in [0.1, 0.15) is 12.8 Å². The molecule has 0 aliphatic carbocycles. The van der Waals surface area contributed by atoms with Gasteiger partial charge in [-0.15, -0.1) is 11.6 Å². The number of hydrogen-bond acceptors (Lipinski definition) is 2. The highest BCUT2D eigenvalue weighted by Gasteiger charge is 2.05. The number of unbranched alkanes of at least 4 members (excludes halogenated alkanes) is 1. The van der Waals surface area contributed by atoms with E-state index in [0.717, 1.165) is 0 Å². The van der Waals surface area contributed by atoms with E-state index >= 15 is 0 Å². The summed E-state index contributed by atoms with van der Waals surface area (Å²) in [4.78, 5) is 1.58. The van der Waals surface area contributed by atoms with Crippen LogP contribution in [0.25, 0.3) is 0 Å². The highest BCUT2D eigenvalue weighted by atomic mass is 35.5. The Hall–Kier alpha value is -0.290. The predicted octanol–water partition coefficient (Wildman–Crippen LogP) is 0.925. The fraction of sp³-hybridized carbons (Fsp3) is 0.857. The average molecular weight is 227 g/mol. The van der Waals surface area contributed by atoms with E-state index in [1.54, 1.807) is 19.0 Å². The van der Waals surface area contributed by atoms with E-state index in [0.29, 0.717) is 18.7 Å². The van der Waals surface area contributed by atoms with Gasteiger partial charge in [0.2, 0.25) is 0 Å². The quantitative estimate of drug-likeness (QED) is 0.293. The lowest BCUT2D eigenvalue weighted by Gasteiger charge is -2.02. The number of nitrogens with zero attached hydrogens (tertiary/aromatic N) is 2. The van der Waals surface area contributed by atoms with E-state index in [9.17, 15) is 8.42 Å². The third-order valence-corrected chi connectivity index (χ3v) is 2.71. The van der Waals surface area contributed by atoms with Gasteiger partial charge in [0.25, 0.3) is 10.0 Å². The topological polar surface area (TPSA) is 49.7 Å². The van der Waals surface area contributed by atoms with Crippen molar-refractivity contribution in [2.45, 2.75) is 12.8 Å². The maximum Gasteiger partial charge on any atom is 0.254 e. The highest BCUT2D eigenvalue weighted by molar-refractivity contribution is 7.90. The molecular weight excluding hydrogens is 212 g/mol. The molecule has 0 aliphatic heterocycles. The van der Waals surface area contributed by atoms with Gasteiger partial charge in [0.15, 0.2) is 0 Å². The molecular formula is C7H15ClN2O2S. The molecule has 0 N–H and O–H groups in total. The number of halogens is 1. The first kappa shape index (κ1) is 12.7. The van der Waals surface area contributed by atoms with Gasteiger partial charge in [-0.25, -0.2) is 8.42 Å². The van der Waals surface area contributed by atoms with Crippen molar-refractivity contribution in [1.29, 1.82) is 0 Å². The van der Waals surface area contributed by atoms with E-state index in [-0.39, 0.29) is 5.75 Å². The molecule has 0 unspecified atom stereocenters. The lowest BCUT2D eigenvalue weighted by atomic mass is 10.4. The minimum Gasteiger partial charge on any atom is -0.368 e. The molecule has 0 aliphatic rings. The summed E-state index contributed by atoms with van der Waals surface area (Å²) in [5.74, 6) is 0.566. The SMILES string of the molecule is CN(C)/C=N/S(=O)(=O)CCCCCl. The largest absolute Gasteiger partial charge is 0.368 e. The van der Waals surface area contributed by atoms with Crippen LogP contribution in [-0.4, -0.2) is 45.4 Å². The van der Waals surface area contributed by atoms with Crippen molar-refractivity contribution < 1.29 is 8.42 Å². The summed E-state index contributed by atoms with van der Waals surface area (Å²) in [7, 11) is 0.160. The molecule has 4 nitrogen and oxygen atoms in total. The molecule has 0 heterocycles. The lowest BCUT2D eigenvalue weighted by molar-refractivity contribution is 0.591. The maximum absolute atomic E-state index is 11.1. The Morgan fingerprint density at radius 1 is 1.38 bits per heavy atom. The second-order valence-electron chi connectivity index (χ2n) is 2.87. The minimum atomic E-state index is -3.28. The van der Waals surface area contributed by atoms with Crippen molar-refractivity contribution in [2.24, 2.45) is 4.40 Å². The number of alkyl halides is 1. The zero-order chi connectivity index (χ0) is 10.3. The van der Waals surface area contributed by atoms with Gasteiger partial charge in [-0.2, -0.15) is 4.40 Å². The first-order valence-electron chi connectivity index (χ1n) is 3.98. The molecule has 0 atom stereocenters. The monoisotopic (exact) mass is 226 g/mol. The normalized spacial score (nSPS) is 12.2. The van der Waals surface area contributed by atoms with Crippen LogP contribution in [0.5, 0.6) is 0 Å². The van der Waals surface area contributed by atoms with Crippen LogP contribution in [0, 0.1) is 0 Å². The lowest BCUT2D eigenvalue weighted by Crippen LogP contribution is -2.11. The third-order valence-electron chi connectivity index (χ3n) is 1.22. The fourth-order valence-corrected chi connectivity index (χ4v) is 1.79. The van der Waals surface area contributed by atoms with Gasteiger partial charge < -0.3 is 4.90 Å². The van der Waals surface area contributed by atoms with Gasteiger partial charge >= 0.3 is 0 Å². The minimum absolute atomic E-state index is 0.0735. The first-order chi connectivity index (χ1) is 5.98. The molecule has 0 spiro atoms. The highest BCUT2D eigenvalue weighted by Crippen LogP contribution is 1.99. The first-order valence-corrected chi connectivity index (χ1v) is 6.13. The molecule has 0 saturated heterocycles. The van der Waals surface area contributed by atoms with Gasteiger partial charge in [0, 0.05) is 20.0 Å². The van der Waals surface area contributed by atoms with Crippen LogP contribution in [0.15, 0.2) is 4.40 Å². The second-order valence-corrected chi connectivity index (χ2v) is 5.03. The van der Waals surface area contributed by atoms with E-state index < -0.39 is 10.0 Å². The van der Waals surface area contributed by atoms with E-state index in [1.807, 2.05) is 0 Å². The zero-order valence-electron chi connectivity index (χ0n) is 7.90. The molecule has 6 heteroatoms. The molecule has 0 amide bonds. The number of hydrogen-bond donors (Lipinski definition) is 0. The maximum atomic E-state index is 11.1. The summed E-state index contributed by atoms with van der Waals surface area (Å²) in [6, 6.07) is 0. The smallest absolute Gasteiger partial charge is 0.254 e. The summed E-state index contributed by atoms with van der Waals surface area (Å²) >= 11 is 5.42. The standard InChI is InChI=1S/C7H15ClN2O2S/c1-10(2)7-9-13(11,12)6-4-3-5-8/h7H,3-6H2,1-2H3/b9-7+. The van der Waals surface area contributed by atoms with Crippen molar-refractivity contribution in [3.05, 3.63) is 0 Å². The van der Waals surface area contributed by atoms with Gasteiger partial charge in [-0.05, 0) is 12.8 Å². The second kappa shape index (κ2) is 6.21. The fourth-order valence-electron chi connectivity index (χ4n) is 0.598. The zero-order valence-corrected chi connectivity index (χ0v) is 9.48. The summed E-state index contributed by atoms with van der Waals surface area (Å²) in [6.07, 6.45) is 2.56. The van der Waals surface area contributed by atoms with Crippen LogP contribution in [0.4, 0.5) is 0 Å². The van der Waals surface area contributed by atoms with Gasteiger partial charge in [-0.1, -0.05) is 0 Å². The Bertz CT molecular complexity index is 249. The van der Waals surface area contributed by atoms with E-state index in [1.165, 1.54) is 6.34 Å². The van der Waals surface area contributed by atoms with Crippen LogP contribution in [-0.2, 0) is 10.0 Å². The van der Waals surface area contributed by atoms with Crippen molar-refractivity contribution in [3.63, 3.8) is 0 Å². The Balaban J connectivity index is 3.95. The van der Waals surface area contributed by atoms with Gasteiger partial charge in [0.05, 0.1) is 5.75 Å². The Labute approximate surface area is 84.6 Å². The van der Waals surface area contributed by atoms with Gasteiger partial charge in [-0.3, -0.25) is 0 Å². The summed E-state index contributed by atoms with van der Waals surface area (Å²) < 4.78 is 25.7. The molecule has 0 fully saturated rings. The van der Waals surface area contributed by atoms with Crippen molar-refractivity contribution >= 4 is 28.0 Å². The molecule has 0 saturated carbocycles. The van der Waals surface area contributed by atoms with Crippen LogP contribution >= 0.6 is 11.6 Å². The molecule has 0 aromatic carbocycles. The Morgan fingerprint density at radius 2 is 2.00 bits per heavy atom. The van der Waals surface area contributed by atoms with Crippen LogP contribution in [0.2, 0.25) is 0 Å². The Kier molecular flexibility index (Phi) is 6.07. The Morgan fingerprint density at radius 3 is 2.46 bits per heavy atom.